The first-order valence-electron chi connectivity index (χ1n) is 9.54. The van der Waals surface area contributed by atoms with Crippen LogP contribution in [0.15, 0.2) is 66.7 Å². The minimum atomic E-state index is -0.429. The number of anilines is 1. The number of nitrogens with zero attached hydrogens (tertiary/aromatic N) is 1. The second kappa shape index (κ2) is 9.15. The van der Waals surface area contributed by atoms with Gasteiger partial charge in [-0.25, -0.2) is 13.8 Å². The summed E-state index contributed by atoms with van der Waals surface area (Å²) in [5.41, 5.74) is 2.20. The number of carbonyl (C=O) groups is 1. The van der Waals surface area contributed by atoms with Crippen LogP contribution in [-0.2, 0) is 0 Å². The fourth-order valence-electron chi connectivity index (χ4n) is 3.08. The number of halogens is 2. The summed E-state index contributed by atoms with van der Waals surface area (Å²) in [5, 5.41) is 3.95. The average molecular weight is 452 g/mol. The molecule has 1 aromatic heterocycles. The first kappa shape index (κ1) is 21.5. The molecule has 1 amide bonds. The number of rotatable bonds is 6. The molecule has 3 aromatic carbocycles. The van der Waals surface area contributed by atoms with Crippen LogP contribution in [0.25, 0.3) is 21.8 Å². The van der Waals surface area contributed by atoms with Crippen molar-refractivity contribution in [1.82, 2.24) is 4.98 Å². The van der Waals surface area contributed by atoms with Gasteiger partial charge < -0.3 is 14.8 Å². The minimum absolute atomic E-state index is 0.303. The normalized spacial score (nSPS) is 10.6. The first-order chi connectivity index (χ1) is 15.5. The van der Waals surface area contributed by atoms with Crippen molar-refractivity contribution in [3.63, 3.8) is 0 Å². The molecule has 0 aliphatic rings. The molecule has 0 saturated heterocycles. The van der Waals surface area contributed by atoms with E-state index in [1.165, 1.54) is 47.7 Å². The maximum absolute atomic E-state index is 13.4. The molecule has 0 aliphatic heterocycles. The molecule has 1 N–H and O–H groups in total. The van der Waals surface area contributed by atoms with Gasteiger partial charge in [0, 0.05) is 16.7 Å². The summed E-state index contributed by atoms with van der Waals surface area (Å²) < 4.78 is 37.3. The molecule has 0 radical (unpaired) electrons. The average Bonchev–Trinajstić information content (AvgIpc) is 3.23. The molecule has 32 heavy (non-hydrogen) atoms. The molecule has 5 nitrogen and oxygen atoms in total. The van der Waals surface area contributed by atoms with Gasteiger partial charge >= 0.3 is 0 Å². The molecule has 0 unspecified atom stereocenters. The highest BCUT2D eigenvalue weighted by Gasteiger charge is 2.19. The number of methoxy groups -OCH3 is 2. The molecular formula is C24H18F2N2O3S. The fraction of sp³-hybridized carbons (Fsp3) is 0.0833. The predicted molar refractivity (Wildman–Crippen MR) is 120 cm³/mol. The van der Waals surface area contributed by atoms with Crippen LogP contribution in [0.3, 0.4) is 0 Å². The summed E-state index contributed by atoms with van der Waals surface area (Å²) in [6.07, 6.45) is 0. The van der Waals surface area contributed by atoms with Gasteiger partial charge in [-0.05, 0) is 66.7 Å². The number of ether oxygens (including phenoxy) is 2. The molecule has 0 fully saturated rings. The van der Waals surface area contributed by atoms with Crippen LogP contribution in [0.5, 0.6) is 11.5 Å². The Kier molecular flexibility index (Phi) is 6.13. The van der Waals surface area contributed by atoms with E-state index < -0.39 is 11.7 Å². The fourth-order valence-corrected chi connectivity index (χ4v) is 4.06. The molecule has 1 heterocycles. The van der Waals surface area contributed by atoms with E-state index in [1.807, 2.05) is 6.07 Å². The van der Waals surface area contributed by atoms with Crippen LogP contribution in [0, 0.1) is 11.6 Å². The van der Waals surface area contributed by atoms with Crippen LogP contribution >= 0.6 is 11.3 Å². The molecule has 0 spiro atoms. The number of aromatic nitrogens is 1. The molecule has 0 atom stereocenters. The quantitative estimate of drug-likeness (QED) is 0.388. The third-order valence-electron chi connectivity index (χ3n) is 4.71. The smallest absolute Gasteiger partial charge is 0.256 e. The lowest BCUT2D eigenvalue weighted by molar-refractivity contribution is 0.102. The van der Waals surface area contributed by atoms with Crippen LogP contribution in [-0.4, -0.2) is 25.1 Å². The molecular weight excluding hydrogens is 434 g/mol. The maximum atomic E-state index is 13.4. The third-order valence-corrected chi connectivity index (χ3v) is 5.73. The molecule has 162 valence electrons. The number of hydrogen-bond donors (Lipinski definition) is 1. The van der Waals surface area contributed by atoms with Crippen molar-refractivity contribution in [3.05, 3.63) is 83.9 Å². The summed E-state index contributed by atoms with van der Waals surface area (Å²) in [6.45, 7) is 0. The molecule has 0 aliphatic carbocycles. The number of thiazole rings is 1. The zero-order valence-corrected chi connectivity index (χ0v) is 18.0. The Bertz CT molecular complexity index is 1260. The Hall–Kier alpha value is -3.78. The zero-order valence-electron chi connectivity index (χ0n) is 17.2. The number of hydrogen-bond acceptors (Lipinski definition) is 5. The van der Waals surface area contributed by atoms with E-state index >= 15 is 0 Å². The van der Waals surface area contributed by atoms with Gasteiger partial charge in [-0.1, -0.05) is 11.3 Å². The Morgan fingerprint density at radius 2 is 1.44 bits per heavy atom. The second-order valence-electron chi connectivity index (χ2n) is 6.73. The molecule has 8 heteroatoms. The van der Waals surface area contributed by atoms with E-state index in [2.05, 4.69) is 5.32 Å². The van der Waals surface area contributed by atoms with Gasteiger partial charge in [-0.15, -0.1) is 0 Å². The van der Waals surface area contributed by atoms with E-state index in [1.54, 1.807) is 38.5 Å². The van der Waals surface area contributed by atoms with Crippen molar-refractivity contribution < 1.29 is 23.0 Å². The number of amides is 1. The van der Waals surface area contributed by atoms with Gasteiger partial charge in [0.1, 0.15) is 27.3 Å². The summed E-state index contributed by atoms with van der Waals surface area (Å²) in [4.78, 5) is 17.4. The number of carbonyl (C=O) groups excluding carboxylic acids is 1. The van der Waals surface area contributed by atoms with E-state index in [4.69, 9.17) is 14.5 Å². The SMILES string of the molecule is COc1ccc(-c2nc(-c3ccc(F)cc3)c(NC(=O)c3ccc(F)cc3)s2)cc1OC. The Labute approximate surface area is 187 Å². The van der Waals surface area contributed by atoms with Crippen LogP contribution in [0.4, 0.5) is 13.8 Å². The van der Waals surface area contributed by atoms with E-state index in [9.17, 15) is 13.6 Å². The van der Waals surface area contributed by atoms with Crippen molar-refractivity contribution >= 4 is 22.2 Å². The van der Waals surface area contributed by atoms with Crippen LogP contribution in [0.1, 0.15) is 10.4 Å². The molecule has 4 aromatic rings. The maximum Gasteiger partial charge on any atom is 0.256 e. The Morgan fingerprint density at radius 3 is 2.06 bits per heavy atom. The summed E-state index contributed by atoms with van der Waals surface area (Å²) in [6, 6.07) is 16.5. The van der Waals surface area contributed by atoms with Crippen molar-refractivity contribution in [2.45, 2.75) is 0 Å². The summed E-state index contributed by atoms with van der Waals surface area (Å²) in [5.74, 6) is -0.0872. The summed E-state index contributed by atoms with van der Waals surface area (Å²) >= 11 is 1.26. The number of benzene rings is 3. The minimum Gasteiger partial charge on any atom is -0.493 e. The molecule has 0 bridgehead atoms. The van der Waals surface area contributed by atoms with Crippen molar-refractivity contribution in [2.75, 3.05) is 19.5 Å². The van der Waals surface area contributed by atoms with Gasteiger partial charge in [0.25, 0.3) is 5.91 Å². The monoisotopic (exact) mass is 452 g/mol. The molecule has 4 rings (SSSR count). The third kappa shape index (κ3) is 4.45. The lowest BCUT2D eigenvalue weighted by Gasteiger charge is -2.08. The second-order valence-corrected chi connectivity index (χ2v) is 7.73. The topological polar surface area (TPSA) is 60.5 Å². The highest BCUT2D eigenvalue weighted by molar-refractivity contribution is 7.19. The Morgan fingerprint density at radius 1 is 0.844 bits per heavy atom. The standard InChI is InChI=1S/C24H18F2N2O3S/c1-30-19-12-7-16(13-20(19)31-2)23-27-21(14-3-8-17(25)9-4-14)24(32-23)28-22(29)15-5-10-18(26)11-6-15/h3-13H,1-2H3,(H,28,29). The van der Waals surface area contributed by atoms with Gasteiger partial charge in [-0.3, -0.25) is 4.79 Å². The first-order valence-corrected chi connectivity index (χ1v) is 10.4. The number of nitrogens with one attached hydrogen (secondary N) is 1. The van der Waals surface area contributed by atoms with Gasteiger partial charge in [0.15, 0.2) is 11.5 Å². The van der Waals surface area contributed by atoms with E-state index in [0.29, 0.717) is 38.3 Å². The van der Waals surface area contributed by atoms with Gasteiger partial charge in [0.2, 0.25) is 0 Å². The van der Waals surface area contributed by atoms with Crippen molar-refractivity contribution in [1.29, 1.82) is 0 Å². The Balaban J connectivity index is 1.76. The van der Waals surface area contributed by atoms with Crippen molar-refractivity contribution in [3.8, 4) is 33.3 Å². The van der Waals surface area contributed by atoms with Crippen LogP contribution < -0.4 is 14.8 Å². The van der Waals surface area contributed by atoms with Gasteiger partial charge in [-0.2, -0.15) is 0 Å². The largest absolute Gasteiger partial charge is 0.493 e. The summed E-state index contributed by atoms with van der Waals surface area (Å²) in [7, 11) is 3.10. The van der Waals surface area contributed by atoms with Crippen LogP contribution in [0.2, 0.25) is 0 Å². The highest BCUT2D eigenvalue weighted by Crippen LogP contribution is 2.40. The zero-order chi connectivity index (χ0) is 22.7. The van der Waals surface area contributed by atoms with E-state index in [0.717, 1.165) is 5.56 Å². The predicted octanol–water partition coefficient (Wildman–Crippen LogP) is 6.02. The van der Waals surface area contributed by atoms with Crippen molar-refractivity contribution in [2.24, 2.45) is 0 Å². The van der Waals surface area contributed by atoms with E-state index in [-0.39, 0.29) is 5.82 Å². The van der Waals surface area contributed by atoms with Gasteiger partial charge in [0.05, 0.1) is 14.2 Å². The molecule has 0 saturated carbocycles. The lowest BCUT2D eigenvalue weighted by Crippen LogP contribution is -2.11. The lowest BCUT2D eigenvalue weighted by atomic mass is 10.1. The highest BCUT2D eigenvalue weighted by atomic mass is 32.1.